The van der Waals surface area contributed by atoms with Gasteiger partial charge in [0.25, 0.3) is 5.56 Å². The van der Waals surface area contributed by atoms with Crippen LogP contribution in [0.5, 0.6) is 0 Å². The van der Waals surface area contributed by atoms with Crippen LogP contribution in [0, 0.1) is 6.92 Å². The Balaban J connectivity index is 2.11. The van der Waals surface area contributed by atoms with Crippen molar-refractivity contribution in [2.45, 2.75) is 13.5 Å². The minimum atomic E-state index is -0.220. The van der Waals surface area contributed by atoms with Gasteiger partial charge in [-0.15, -0.1) is 0 Å². The molecular formula is C12H11N5O. The summed E-state index contributed by atoms with van der Waals surface area (Å²) in [7, 11) is 0. The van der Waals surface area contributed by atoms with Crippen LogP contribution in [-0.4, -0.2) is 24.7 Å². The first-order valence-corrected chi connectivity index (χ1v) is 5.56. The molecule has 0 spiro atoms. The standard InChI is InChI=1S/C12H11N5O/c1-8-10-11(12(18)15-7-14-10)16-17(8)6-9-4-2-3-5-13-9/h2-5,7H,6H2,1H3,(H,14,15,18). The van der Waals surface area contributed by atoms with Gasteiger partial charge in [0.1, 0.15) is 5.52 Å². The minimum Gasteiger partial charge on any atom is -0.311 e. The zero-order valence-corrected chi connectivity index (χ0v) is 9.79. The summed E-state index contributed by atoms with van der Waals surface area (Å²) in [6, 6.07) is 5.71. The van der Waals surface area contributed by atoms with Gasteiger partial charge in [-0.25, -0.2) is 4.98 Å². The molecule has 0 unspecified atom stereocenters. The number of aryl methyl sites for hydroxylation is 1. The number of pyridine rings is 1. The van der Waals surface area contributed by atoms with Crippen molar-refractivity contribution >= 4 is 11.0 Å². The molecular weight excluding hydrogens is 230 g/mol. The lowest BCUT2D eigenvalue weighted by molar-refractivity contribution is 0.659. The van der Waals surface area contributed by atoms with E-state index in [0.717, 1.165) is 11.4 Å². The Labute approximate surface area is 102 Å². The smallest absolute Gasteiger partial charge is 0.279 e. The number of hydrogen-bond acceptors (Lipinski definition) is 4. The Bertz CT molecular complexity index is 744. The molecule has 0 aliphatic carbocycles. The molecule has 0 saturated heterocycles. The molecule has 0 saturated carbocycles. The van der Waals surface area contributed by atoms with Crippen molar-refractivity contribution in [1.29, 1.82) is 0 Å². The average molecular weight is 241 g/mol. The number of fused-ring (bicyclic) bond motifs is 1. The molecule has 0 radical (unpaired) electrons. The van der Waals surface area contributed by atoms with E-state index in [1.54, 1.807) is 10.9 Å². The van der Waals surface area contributed by atoms with Crippen LogP contribution in [0.1, 0.15) is 11.4 Å². The molecule has 0 amide bonds. The van der Waals surface area contributed by atoms with E-state index in [0.29, 0.717) is 17.6 Å². The van der Waals surface area contributed by atoms with E-state index in [2.05, 4.69) is 20.1 Å². The van der Waals surface area contributed by atoms with E-state index in [1.165, 1.54) is 6.33 Å². The summed E-state index contributed by atoms with van der Waals surface area (Å²) in [4.78, 5) is 22.5. The molecule has 0 aliphatic heterocycles. The molecule has 0 atom stereocenters. The van der Waals surface area contributed by atoms with Crippen molar-refractivity contribution < 1.29 is 0 Å². The van der Waals surface area contributed by atoms with Gasteiger partial charge in [0.2, 0.25) is 0 Å². The number of nitrogens with one attached hydrogen (secondary N) is 1. The highest BCUT2D eigenvalue weighted by Crippen LogP contribution is 2.11. The molecule has 3 aromatic heterocycles. The number of H-pyrrole nitrogens is 1. The first-order chi connectivity index (χ1) is 8.75. The largest absolute Gasteiger partial charge is 0.311 e. The fourth-order valence-corrected chi connectivity index (χ4v) is 1.87. The summed E-state index contributed by atoms with van der Waals surface area (Å²) in [5.41, 5.74) is 2.54. The molecule has 6 nitrogen and oxygen atoms in total. The van der Waals surface area contributed by atoms with Crippen LogP contribution in [0.4, 0.5) is 0 Å². The minimum absolute atomic E-state index is 0.220. The zero-order valence-electron chi connectivity index (χ0n) is 9.79. The highest BCUT2D eigenvalue weighted by atomic mass is 16.1. The normalized spacial score (nSPS) is 10.9. The summed E-state index contributed by atoms with van der Waals surface area (Å²) in [5, 5.41) is 4.28. The van der Waals surface area contributed by atoms with Crippen LogP contribution < -0.4 is 5.56 Å². The monoisotopic (exact) mass is 241 g/mol. The average Bonchev–Trinajstić information content (AvgIpc) is 2.70. The first kappa shape index (κ1) is 10.6. The van der Waals surface area contributed by atoms with Crippen molar-refractivity contribution in [2.24, 2.45) is 0 Å². The van der Waals surface area contributed by atoms with Crippen LogP contribution in [-0.2, 0) is 6.54 Å². The Kier molecular flexibility index (Phi) is 2.40. The molecule has 6 heteroatoms. The third kappa shape index (κ3) is 1.67. The molecule has 90 valence electrons. The van der Waals surface area contributed by atoms with Crippen LogP contribution in [0.2, 0.25) is 0 Å². The Hall–Kier alpha value is -2.50. The third-order valence-electron chi connectivity index (χ3n) is 2.82. The second kappa shape index (κ2) is 4.06. The zero-order chi connectivity index (χ0) is 12.5. The van der Waals surface area contributed by atoms with Crippen LogP contribution >= 0.6 is 0 Å². The Morgan fingerprint density at radius 3 is 2.89 bits per heavy atom. The molecule has 18 heavy (non-hydrogen) atoms. The Morgan fingerprint density at radius 2 is 2.17 bits per heavy atom. The van der Waals surface area contributed by atoms with Gasteiger partial charge in [-0.05, 0) is 19.1 Å². The van der Waals surface area contributed by atoms with E-state index < -0.39 is 0 Å². The SMILES string of the molecule is Cc1c2nc[nH]c(=O)c2nn1Cc1ccccn1. The number of aromatic nitrogens is 5. The molecule has 0 fully saturated rings. The van der Waals surface area contributed by atoms with Gasteiger partial charge in [0.05, 0.1) is 24.3 Å². The first-order valence-electron chi connectivity index (χ1n) is 5.56. The number of nitrogens with zero attached hydrogens (tertiary/aromatic N) is 4. The summed E-state index contributed by atoms with van der Waals surface area (Å²) in [5.74, 6) is 0. The van der Waals surface area contributed by atoms with Gasteiger partial charge in [-0.1, -0.05) is 6.07 Å². The molecule has 3 heterocycles. The van der Waals surface area contributed by atoms with Gasteiger partial charge in [-0.2, -0.15) is 5.10 Å². The topological polar surface area (TPSA) is 76.5 Å². The second-order valence-electron chi connectivity index (χ2n) is 3.99. The quantitative estimate of drug-likeness (QED) is 0.722. The predicted octanol–water partition coefficient (Wildman–Crippen LogP) is 0.871. The third-order valence-corrected chi connectivity index (χ3v) is 2.82. The molecule has 0 bridgehead atoms. The van der Waals surface area contributed by atoms with E-state index in [9.17, 15) is 4.79 Å². The summed E-state index contributed by atoms with van der Waals surface area (Å²) in [6.45, 7) is 2.42. The van der Waals surface area contributed by atoms with Crippen molar-refractivity contribution in [1.82, 2.24) is 24.7 Å². The fourth-order valence-electron chi connectivity index (χ4n) is 1.87. The molecule has 3 aromatic rings. The predicted molar refractivity (Wildman–Crippen MR) is 66.2 cm³/mol. The Morgan fingerprint density at radius 1 is 1.28 bits per heavy atom. The van der Waals surface area contributed by atoms with Crippen molar-refractivity contribution in [3.05, 3.63) is 52.5 Å². The second-order valence-corrected chi connectivity index (χ2v) is 3.99. The maximum atomic E-state index is 11.6. The van der Waals surface area contributed by atoms with E-state index in [-0.39, 0.29) is 5.56 Å². The van der Waals surface area contributed by atoms with Crippen LogP contribution in [0.3, 0.4) is 0 Å². The van der Waals surface area contributed by atoms with E-state index in [1.807, 2.05) is 25.1 Å². The maximum Gasteiger partial charge on any atom is 0.279 e. The molecule has 1 N–H and O–H groups in total. The lowest BCUT2D eigenvalue weighted by atomic mass is 10.3. The summed E-state index contributed by atoms with van der Waals surface area (Å²) < 4.78 is 1.75. The van der Waals surface area contributed by atoms with E-state index in [4.69, 9.17) is 0 Å². The van der Waals surface area contributed by atoms with Gasteiger partial charge in [-0.3, -0.25) is 14.5 Å². The van der Waals surface area contributed by atoms with Crippen molar-refractivity contribution in [3.63, 3.8) is 0 Å². The highest BCUT2D eigenvalue weighted by molar-refractivity contribution is 5.75. The number of hydrogen-bond donors (Lipinski definition) is 1. The summed E-state index contributed by atoms with van der Waals surface area (Å²) >= 11 is 0. The van der Waals surface area contributed by atoms with Crippen molar-refractivity contribution in [3.8, 4) is 0 Å². The van der Waals surface area contributed by atoms with Crippen LogP contribution in [0.25, 0.3) is 11.0 Å². The molecule has 3 rings (SSSR count). The lowest BCUT2D eigenvalue weighted by Gasteiger charge is -2.02. The van der Waals surface area contributed by atoms with E-state index >= 15 is 0 Å². The molecule has 0 aromatic carbocycles. The van der Waals surface area contributed by atoms with Gasteiger partial charge in [0.15, 0.2) is 5.52 Å². The highest BCUT2D eigenvalue weighted by Gasteiger charge is 2.11. The van der Waals surface area contributed by atoms with Gasteiger partial charge in [0, 0.05) is 6.20 Å². The fraction of sp³-hybridized carbons (Fsp3) is 0.167. The number of aromatic amines is 1. The van der Waals surface area contributed by atoms with Gasteiger partial charge >= 0.3 is 0 Å². The van der Waals surface area contributed by atoms with Crippen LogP contribution in [0.15, 0.2) is 35.5 Å². The number of rotatable bonds is 2. The van der Waals surface area contributed by atoms with Crippen molar-refractivity contribution in [2.75, 3.05) is 0 Å². The maximum absolute atomic E-state index is 11.6. The van der Waals surface area contributed by atoms with Gasteiger partial charge < -0.3 is 4.98 Å². The molecule has 0 aliphatic rings. The summed E-state index contributed by atoms with van der Waals surface area (Å²) in [6.07, 6.45) is 3.13. The lowest BCUT2D eigenvalue weighted by Crippen LogP contribution is -2.07.